The Morgan fingerprint density at radius 2 is 2.06 bits per heavy atom. The minimum atomic E-state index is -0.537. The first kappa shape index (κ1) is 15.4. The third kappa shape index (κ3) is 4.24. The number of nitro groups is 1. The lowest BCUT2D eigenvalue weighted by atomic mass is 10.3. The number of rotatable bonds is 5. The number of aliphatic hydroxyl groups is 1. The number of thioether (sulfide) groups is 1. The van der Waals surface area contributed by atoms with Crippen LogP contribution in [0.15, 0.2) is 20.9 Å². The lowest BCUT2D eigenvalue weighted by molar-refractivity contribution is -0.421. The summed E-state index contributed by atoms with van der Waals surface area (Å²) in [6.45, 7) is 1.19. The van der Waals surface area contributed by atoms with Gasteiger partial charge in [-0.1, -0.05) is 23.2 Å². The van der Waals surface area contributed by atoms with Gasteiger partial charge in [0, 0.05) is 18.8 Å². The van der Waals surface area contributed by atoms with Crippen LogP contribution < -0.4 is 10.6 Å². The largest absolute Gasteiger partial charge is 0.396 e. The number of hydrogen-bond donors (Lipinski definition) is 3. The summed E-state index contributed by atoms with van der Waals surface area (Å²) in [6.07, 6.45) is 0.881. The van der Waals surface area contributed by atoms with Gasteiger partial charge in [0.2, 0.25) is 0 Å². The fourth-order valence-corrected chi connectivity index (χ4v) is 2.62. The molecular weight excluding hydrogens is 301 g/mol. The molecule has 0 spiro atoms. The molecule has 1 saturated heterocycles. The minimum absolute atomic E-state index is 0.115. The maximum Gasteiger partial charge on any atom is 0.324 e. The zero-order valence-corrected chi connectivity index (χ0v) is 11.7. The molecule has 0 aromatic carbocycles. The summed E-state index contributed by atoms with van der Waals surface area (Å²) >= 11 is 12.4. The maximum absolute atomic E-state index is 11.1. The molecule has 0 bridgehead atoms. The lowest BCUT2D eigenvalue weighted by Crippen LogP contribution is -2.37. The van der Waals surface area contributed by atoms with Crippen LogP contribution in [0, 0.1) is 10.1 Å². The van der Waals surface area contributed by atoms with Gasteiger partial charge in [0.05, 0.1) is 11.5 Å². The smallest absolute Gasteiger partial charge is 0.324 e. The first-order valence-corrected chi connectivity index (χ1v) is 6.97. The van der Waals surface area contributed by atoms with Gasteiger partial charge in [0.1, 0.15) is 9.40 Å². The minimum Gasteiger partial charge on any atom is -0.396 e. The second kappa shape index (κ2) is 7.73. The number of nitrogens with one attached hydrogen (secondary N) is 2. The van der Waals surface area contributed by atoms with E-state index in [2.05, 4.69) is 10.6 Å². The molecule has 0 radical (unpaired) electrons. The van der Waals surface area contributed by atoms with Crippen LogP contribution in [0.1, 0.15) is 6.42 Å². The van der Waals surface area contributed by atoms with Gasteiger partial charge >= 0.3 is 5.70 Å². The molecule has 9 heteroatoms. The fourth-order valence-electron chi connectivity index (χ4n) is 1.39. The number of hydrogen-bond acceptors (Lipinski definition) is 6. The first-order chi connectivity index (χ1) is 8.57. The fraction of sp³-hybridized carbons (Fsp3) is 0.556. The van der Waals surface area contributed by atoms with Gasteiger partial charge in [-0.3, -0.25) is 10.1 Å². The SMILES string of the molecule is O=[N+]([O-])C(=C1NCCCN1)C(SCCO)=C(Cl)Cl. The van der Waals surface area contributed by atoms with Crippen LogP contribution in [0.5, 0.6) is 0 Å². The normalized spacial score (nSPS) is 14.5. The summed E-state index contributed by atoms with van der Waals surface area (Å²) in [7, 11) is 0. The van der Waals surface area contributed by atoms with Crippen molar-refractivity contribution in [1.82, 2.24) is 10.6 Å². The van der Waals surface area contributed by atoms with Crippen molar-refractivity contribution < 1.29 is 10.0 Å². The molecule has 1 aliphatic rings. The van der Waals surface area contributed by atoms with E-state index < -0.39 is 4.92 Å². The van der Waals surface area contributed by atoms with Crippen LogP contribution in [0.2, 0.25) is 0 Å². The molecule has 18 heavy (non-hydrogen) atoms. The summed E-state index contributed by atoms with van der Waals surface area (Å²) in [4.78, 5) is 10.8. The Balaban J connectivity index is 3.08. The number of halogens is 2. The molecule has 0 unspecified atom stereocenters. The van der Waals surface area contributed by atoms with Crippen molar-refractivity contribution in [1.29, 1.82) is 0 Å². The second-order valence-corrected chi connectivity index (χ2v) is 5.40. The molecule has 0 aromatic heterocycles. The molecule has 6 nitrogen and oxygen atoms in total. The van der Waals surface area contributed by atoms with Gasteiger partial charge in [-0.2, -0.15) is 0 Å². The summed E-state index contributed by atoms with van der Waals surface area (Å²) < 4.78 is -0.179. The molecule has 0 atom stereocenters. The van der Waals surface area contributed by atoms with E-state index in [1.54, 1.807) is 0 Å². The zero-order valence-electron chi connectivity index (χ0n) is 9.41. The maximum atomic E-state index is 11.1. The highest BCUT2D eigenvalue weighted by molar-refractivity contribution is 8.03. The molecule has 1 rings (SSSR count). The average molecular weight is 314 g/mol. The molecule has 0 aliphatic carbocycles. The van der Waals surface area contributed by atoms with Crippen LogP contribution in [0.3, 0.4) is 0 Å². The van der Waals surface area contributed by atoms with E-state index in [9.17, 15) is 10.1 Å². The molecule has 1 heterocycles. The van der Waals surface area contributed by atoms with Gasteiger partial charge < -0.3 is 15.7 Å². The zero-order chi connectivity index (χ0) is 13.5. The molecule has 1 fully saturated rings. The molecule has 3 N–H and O–H groups in total. The molecule has 0 amide bonds. The second-order valence-electron chi connectivity index (χ2n) is 3.35. The Hall–Kier alpha value is -0.630. The molecule has 0 aromatic rings. The molecule has 102 valence electrons. The van der Waals surface area contributed by atoms with E-state index in [1.807, 2.05) is 0 Å². The standard InChI is InChI=1S/C9H13Cl2N3O3S/c10-8(11)7(18-5-4-15)6(14(16)17)9-12-2-1-3-13-9/h12-13,15H,1-5H2. The number of aliphatic hydroxyl groups excluding tert-OH is 1. The Morgan fingerprint density at radius 3 is 2.50 bits per heavy atom. The average Bonchev–Trinajstić information content (AvgIpc) is 2.34. The van der Waals surface area contributed by atoms with Crippen molar-refractivity contribution >= 4 is 35.0 Å². The van der Waals surface area contributed by atoms with Crippen LogP contribution in [-0.4, -0.2) is 35.5 Å². The Bertz CT molecular complexity index is 375. The lowest BCUT2D eigenvalue weighted by Gasteiger charge is -2.19. The van der Waals surface area contributed by atoms with E-state index in [1.165, 1.54) is 0 Å². The van der Waals surface area contributed by atoms with Crippen molar-refractivity contribution in [3.05, 3.63) is 31.0 Å². The van der Waals surface area contributed by atoms with Crippen LogP contribution >= 0.6 is 35.0 Å². The van der Waals surface area contributed by atoms with E-state index in [0.717, 1.165) is 18.2 Å². The van der Waals surface area contributed by atoms with Gasteiger partial charge in [-0.25, -0.2) is 0 Å². The van der Waals surface area contributed by atoms with Crippen molar-refractivity contribution in [2.24, 2.45) is 0 Å². The van der Waals surface area contributed by atoms with E-state index >= 15 is 0 Å². The van der Waals surface area contributed by atoms with Crippen LogP contribution in [-0.2, 0) is 0 Å². The Kier molecular flexibility index (Phi) is 6.62. The van der Waals surface area contributed by atoms with E-state index in [-0.39, 0.29) is 27.5 Å². The topological polar surface area (TPSA) is 87.4 Å². The third-order valence-corrected chi connectivity index (χ3v) is 3.78. The summed E-state index contributed by atoms with van der Waals surface area (Å²) in [5, 5.41) is 25.8. The van der Waals surface area contributed by atoms with Gasteiger partial charge in [-0.05, 0) is 6.42 Å². The molecular formula is C9H13Cl2N3O3S. The Labute approximate surface area is 119 Å². The van der Waals surface area contributed by atoms with Crippen molar-refractivity contribution in [2.75, 3.05) is 25.4 Å². The highest BCUT2D eigenvalue weighted by Crippen LogP contribution is 2.32. The van der Waals surface area contributed by atoms with Gasteiger partial charge in [0.25, 0.3) is 0 Å². The quantitative estimate of drug-likeness (QED) is 0.525. The third-order valence-electron chi connectivity index (χ3n) is 2.10. The monoisotopic (exact) mass is 313 g/mol. The predicted molar refractivity (Wildman–Crippen MR) is 72.9 cm³/mol. The van der Waals surface area contributed by atoms with Crippen LogP contribution in [0.25, 0.3) is 0 Å². The molecule has 1 aliphatic heterocycles. The van der Waals surface area contributed by atoms with Crippen molar-refractivity contribution in [3.8, 4) is 0 Å². The van der Waals surface area contributed by atoms with E-state index in [4.69, 9.17) is 28.3 Å². The van der Waals surface area contributed by atoms with Crippen molar-refractivity contribution in [2.45, 2.75) is 6.42 Å². The van der Waals surface area contributed by atoms with Gasteiger partial charge in [-0.15, -0.1) is 11.8 Å². The van der Waals surface area contributed by atoms with Crippen LogP contribution in [0.4, 0.5) is 0 Å². The van der Waals surface area contributed by atoms with Gasteiger partial charge in [0.15, 0.2) is 5.82 Å². The highest BCUT2D eigenvalue weighted by atomic mass is 35.5. The van der Waals surface area contributed by atoms with Crippen molar-refractivity contribution in [3.63, 3.8) is 0 Å². The Morgan fingerprint density at radius 1 is 1.44 bits per heavy atom. The van der Waals surface area contributed by atoms with E-state index in [0.29, 0.717) is 18.9 Å². The summed E-state index contributed by atoms with van der Waals surface area (Å²) in [6, 6.07) is 0. The predicted octanol–water partition coefficient (Wildman–Crippen LogP) is 1.39. The number of nitrogens with zero attached hydrogens (tertiary/aromatic N) is 1. The first-order valence-electron chi connectivity index (χ1n) is 5.23. The highest BCUT2D eigenvalue weighted by Gasteiger charge is 2.28. The molecule has 0 saturated carbocycles. The summed E-state index contributed by atoms with van der Waals surface area (Å²) in [5.74, 6) is 0.591. The summed E-state index contributed by atoms with van der Waals surface area (Å²) in [5.41, 5.74) is -0.187.